The van der Waals surface area contributed by atoms with Crippen molar-refractivity contribution in [2.45, 2.75) is 7.43 Å². The topological polar surface area (TPSA) is 0 Å². The van der Waals surface area contributed by atoms with Crippen molar-refractivity contribution < 1.29 is 0 Å². The van der Waals surface area contributed by atoms with E-state index in [1.165, 1.54) is 0 Å². The molecule has 84 valence electrons. The maximum atomic E-state index is 2.00. The molecule has 0 spiro atoms. The zero-order chi connectivity index (χ0) is 8.49. The van der Waals surface area contributed by atoms with Gasteiger partial charge in [-0.05, 0) is 0 Å². The monoisotopic (exact) mass is 244 g/mol. The molecule has 0 bridgehead atoms. The van der Waals surface area contributed by atoms with Gasteiger partial charge >= 0.3 is 0 Å². The van der Waals surface area contributed by atoms with Crippen LogP contribution in [0.3, 0.4) is 0 Å². The Morgan fingerprint density at radius 2 is 0.333 bits per heavy atom. The summed E-state index contributed by atoms with van der Waals surface area (Å²) >= 11 is 0. The van der Waals surface area contributed by atoms with E-state index in [-0.39, 0.29) is 32.2 Å². The molecule has 0 aliphatic heterocycles. The molecule has 0 amide bonds. The van der Waals surface area contributed by atoms with Crippen molar-refractivity contribution in [1.82, 2.24) is 0 Å². The van der Waals surface area contributed by atoms with Crippen LogP contribution in [0.1, 0.15) is 7.43 Å². The van der Waals surface area contributed by atoms with Gasteiger partial charge in [-0.2, -0.15) is 0 Å². The van der Waals surface area contributed by atoms with Crippen molar-refractivity contribution in [3.05, 3.63) is 72.8 Å². The highest BCUT2D eigenvalue weighted by atomic mass is 35.5. The van der Waals surface area contributed by atoms with Gasteiger partial charge < -0.3 is 0 Å². The van der Waals surface area contributed by atoms with Crippen molar-refractivity contribution in [1.29, 1.82) is 0 Å². The Labute approximate surface area is 105 Å². The van der Waals surface area contributed by atoms with Crippen LogP contribution in [-0.4, -0.2) is 0 Å². The van der Waals surface area contributed by atoms with Gasteiger partial charge in [-0.3, -0.25) is 0 Å². The van der Waals surface area contributed by atoms with E-state index in [2.05, 4.69) is 0 Å². The fourth-order valence-corrected chi connectivity index (χ4v) is 0.770. The zero-order valence-corrected chi connectivity index (χ0v) is 9.38. The van der Waals surface area contributed by atoms with Crippen LogP contribution in [0.15, 0.2) is 72.8 Å². The van der Waals surface area contributed by atoms with E-state index in [4.69, 9.17) is 0 Å². The maximum absolute atomic E-state index is 2.00. The van der Waals surface area contributed by atoms with Gasteiger partial charge in [0, 0.05) is 0 Å². The molecule has 2 aromatic carbocycles. The van der Waals surface area contributed by atoms with Crippen molar-refractivity contribution in [2.75, 3.05) is 0 Å². The summed E-state index contributed by atoms with van der Waals surface area (Å²) in [6, 6.07) is 24.0. The molecule has 2 aromatic rings. The molecule has 0 aromatic heterocycles. The van der Waals surface area contributed by atoms with E-state index >= 15 is 0 Å². The summed E-state index contributed by atoms with van der Waals surface area (Å²) in [5.74, 6) is 0. The lowest BCUT2D eigenvalue weighted by molar-refractivity contribution is 1.72. The van der Waals surface area contributed by atoms with Gasteiger partial charge in [0.1, 0.15) is 0 Å². The minimum atomic E-state index is 0. The van der Waals surface area contributed by atoms with Gasteiger partial charge in [-0.25, -0.2) is 0 Å². The summed E-state index contributed by atoms with van der Waals surface area (Å²) in [4.78, 5) is 0. The molecule has 0 saturated carbocycles. The summed E-state index contributed by atoms with van der Waals surface area (Å²) in [6.45, 7) is 0. The zero-order valence-electron chi connectivity index (χ0n) is 7.74. The Balaban J connectivity index is -0.000000160. The second kappa shape index (κ2) is 15.5. The first-order chi connectivity index (χ1) is 6.00. The Kier molecular flexibility index (Phi) is 20.2. The molecule has 15 heavy (non-hydrogen) atoms. The molecule has 0 fully saturated rings. The van der Waals surface area contributed by atoms with Crippen LogP contribution >= 0.6 is 24.8 Å². The van der Waals surface area contributed by atoms with Gasteiger partial charge in [-0.1, -0.05) is 80.2 Å². The fourth-order valence-electron chi connectivity index (χ4n) is 0.770. The molecule has 2 rings (SSSR count). The van der Waals surface area contributed by atoms with E-state index in [9.17, 15) is 0 Å². The molecule has 0 atom stereocenters. The molecule has 0 aliphatic rings. The second-order valence-electron chi connectivity index (χ2n) is 2.31. The lowest BCUT2D eigenvalue weighted by Crippen LogP contribution is -1.47. The number of hydrogen-bond donors (Lipinski definition) is 0. The SMILES string of the molecule is C.Cl.Cl.c1ccccc1.c1ccccc1. The maximum Gasteiger partial charge on any atom is -0.0623 e. The van der Waals surface area contributed by atoms with Crippen molar-refractivity contribution in [2.24, 2.45) is 0 Å². The van der Waals surface area contributed by atoms with Crippen LogP contribution < -0.4 is 0 Å². The molecule has 0 N–H and O–H groups in total. The van der Waals surface area contributed by atoms with Gasteiger partial charge in [0.05, 0.1) is 0 Å². The summed E-state index contributed by atoms with van der Waals surface area (Å²) in [5, 5.41) is 0. The summed E-state index contributed by atoms with van der Waals surface area (Å²) in [6.07, 6.45) is 0. The Morgan fingerprint density at radius 1 is 0.267 bits per heavy atom. The second-order valence-corrected chi connectivity index (χ2v) is 2.31. The van der Waals surface area contributed by atoms with E-state index in [1.54, 1.807) is 0 Å². The summed E-state index contributed by atoms with van der Waals surface area (Å²) in [5.41, 5.74) is 0. The highest BCUT2D eigenvalue weighted by Crippen LogP contribution is 1.80. The third-order valence-electron chi connectivity index (χ3n) is 1.33. The predicted molar refractivity (Wildman–Crippen MR) is 74.1 cm³/mol. The highest BCUT2D eigenvalue weighted by molar-refractivity contribution is 5.85. The van der Waals surface area contributed by atoms with Crippen LogP contribution in [0.4, 0.5) is 0 Å². The van der Waals surface area contributed by atoms with E-state index in [1.807, 2.05) is 72.8 Å². The largest absolute Gasteiger partial charge is 0.147 e. The normalized spacial score (nSPS) is 6.40. The number of hydrogen-bond acceptors (Lipinski definition) is 0. The minimum Gasteiger partial charge on any atom is -0.147 e. The predicted octanol–water partition coefficient (Wildman–Crippen LogP) is 4.85. The van der Waals surface area contributed by atoms with Gasteiger partial charge in [0.15, 0.2) is 0 Å². The Hall–Kier alpha value is -0.980. The molecule has 2 heteroatoms. The summed E-state index contributed by atoms with van der Waals surface area (Å²) in [7, 11) is 0. The first-order valence-corrected chi connectivity index (χ1v) is 4.00. The van der Waals surface area contributed by atoms with Crippen molar-refractivity contribution >= 4 is 24.8 Å². The average Bonchev–Trinajstić information content (AvgIpc) is 2.24. The lowest BCUT2D eigenvalue weighted by atomic mass is 10.4. The van der Waals surface area contributed by atoms with Crippen LogP contribution in [0.25, 0.3) is 0 Å². The van der Waals surface area contributed by atoms with Gasteiger partial charge in [0.25, 0.3) is 0 Å². The van der Waals surface area contributed by atoms with Crippen LogP contribution in [0.2, 0.25) is 0 Å². The number of rotatable bonds is 0. The molecule has 0 heterocycles. The number of benzene rings is 2. The Morgan fingerprint density at radius 3 is 0.400 bits per heavy atom. The molecule has 0 saturated heterocycles. The van der Waals surface area contributed by atoms with E-state index in [0.29, 0.717) is 0 Å². The van der Waals surface area contributed by atoms with Crippen LogP contribution in [0.5, 0.6) is 0 Å². The Bertz CT molecular complexity index is 184. The third kappa shape index (κ3) is 13.0. The van der Waals surface area contributed by atoms with Crippen molar-refractivity contribution in [3.63, 3.8) is 0 Å². The smallest absolute Gasteiger partial charge is 0.0623 e. The molecular weight excluding hydrogens is 227 g/mol. The van der Waals surface area contributed by atoms with Crippen LogP contribution in [0, 0.1) is 0 Å². The first kappa shape index (κ1) is 19.6. The van der Waals surface area contributed by atoms with Crippen molar-refractivity contribution in [3.8, 4) is 0 Å². The van der Waals surface area contributed by atoms with E-state index in [0.717, 1.165) is 0 Å². The number of halogens is 2. The van der Waals surface area contributed by atoms with Gasteiger partial charge in [0.2, 0.25) is 0 Å². The highest BCUT2D eigenvalue weighted by Gasteiger charge is 1.58. The van der Waals surface area contributed by atoms with E-state index < -0.39 is 0 Å². The lowest BCUT2D eigenvalue weighted by Gasteiger charge is -1.69. The molecule has 0 aliphatic carbocycles. The fraction of sp³-hybridized carbons (Fsp3) is 0.0769. The standard InChI is InChI=1S/2C6H6.CH4.2ClH/c2*1-2-4-6-5-3-1;;;/h2*1-6H;1H4;2*1H. The third-order valence-corrected chi connectivity index (χ3v) is 1.33. The molecule has 0 unspecified atom stereocenters. The molecular formula is C13H18Cl2. The minimum absolute atomic E-state index is 0. The summed E-state index contributed by atoms with van der Waals surface area (Å²) < 4.78 is 0. The quantitative estimate of drug-likeness (QED) is 0.622. The van der Waals surface area contributed by atoms with Crippen LogP contribution in [-0.2, 0) is 0 Å². The molecule has 0 radical (unpaired) electrons. The average molecular weight is 245 g/mol. The molecule has 0 nitrogen and oxygen atoms in total. The van der Waals surface area contributed by atoms with Gasteiger partial charge in [-0.15, -0.1) is 24.8 Å². The first-order valence-electron chi connectivity index (χ1n) is 4.00.